The number of alkyl halides is 2. The molecule has 1 aliphatic rings. The summed E-state index contributed by atoms with van der Waals surface area (Å²) in [6.07, 6.45) is -1.74. The van der Waals surface area contributed by atoms with Crippen molar-refractivity contribution in [2.75, 3.05) is 4.43 Å². The lowest BCUT2D eigenvalue weighted by Gasteiger charge is -2.21. The number of esters is 2. The summed E-state index contributed by atoms with van der Waals surface area (Å²) in [5.41, 5.74) is -0.784. The Labute approximate surface area is 112 Å². The third-order valence-corrected chi connectivity index (χ3v) is 3.23. The molecule has 7 heteroatoms. The third-order valence-electron chi connectivity index (χ3n) is 2.01. The predicted molar refractivity (Wildman–Crippen MR) is 64.5 cm³/mol. The number of ether oxygens (including phenoxy) is 3. The molecular formula is C9H12ClIO5. The van der Waals surface area contributed by atoms with Crippen molar-refractivity contribution in [3.63, 3.8) is 0 Å². The molecule has 0 radical (unpaired) electrons. The molecule has 1 rings (SSSR count). The van der Waals surface area contributed by atoms with Gasteiger partial charge in [-0.3, -0.25) is 9.59 Å². The molecule has 0 saturated carbocycles. The first-order valence-corrected chi connectivity index (χ1v) is 6.62. The third kappa shape index (κ3) is 3.46. The lowest BCUT2D eigenvalue weighted by molar-refractivity contribution is -0.162. The number of carbonyl (C=O) groups is 2. The molecule has 1 fully saturated rings. The lowest BCUT2D eigenvalue weighted by Crippen LogP contribution is -2.39. The van der Waals surface area contributed by atoms with Gasteiger partial charge in [0, 0.05) is 18.3 Å². The smallest absolute Gasteiger partial charge is 0.303 e. The molecule has 1 saturated heterocycles. The molecule has 0 amide bonds. The molecule has 0 aliphatic carbocycles. The van der Waals surface area contributed by atoms with Gasteiger partial charge in [0.15, 0.2) is 17.8 Å². The molecule has 1 heterocycles. The van der Waals surface area contributed by atoms with Crippen LogP contribution in [0.2, 0.25) is 0 Å². The van der Waals surface area contributed by atoms with E-state index >= 15 is 0 Å². The van der Waals surface area contributed by atoms with Gasteiger partial charge in [0.1, 0.15) is 6.10 Å². The zero-order valence-electron chi connectivity index (χ0n) is 8.81. The first kappa shape index (κ1) is 14.0. The molecule has 4 atom stereocenters. The van der Waals surface area contributed by atoms with Gasteiger partial charge < -0.3 is 14.2 Å². The highest BCUT2D eigenvalue weighted by Crippen LogP contribution is 2.30. The maximum absolute atomic E-state index is 10.9. The quantitative estimate of drug-likeness (QED) is 0.430. The fourth-order valence-electron chi connectivity index (χ4n) is 1.45. The molecule has 5 nitrogen and oxygen atoms in total. The van der Waals surface area contributed by atoms with Crippen molar-refractivity contribution in [1.82, 2.24) is 0 Å². The van der Waals surface area contributed by atoms with Crippen LogP contribution < -0.4 is 0 Å². The van der Waals surface area contributed by atoms with E-state index in [4.69, 9.17) is 25.8 Å². The van der Waals surface area contributed by atoms with E-state index in [-0.39, 0.29) is 6.10 Å². The zero-order valence-corrected chi connectivity index (χ0v) is 11.7. The minimum absolute atomic E-state index is 0.351. The predicted octanol–water partition coefficient (Wildman–Crippen LogP) is 1.25. The van der Waals surface area contributed by atoms with Gasteiger partial charge in [0.2, 0.25) is 0 Å². The van der Waals surface area contributed by atoms with Crippen LogP contribution in [0.15, 0.2) is 0 Å². The van der Waals surface area contributed by atoms with E-state index in [1.165, 1.54) is 13.8 Å². The van der Waals surface area contributed by atoms with E-state index in [1.54, 1.807) is 0 Å². The van der Waals surface area contributed by atoms with E-state index in [2.05, 4.69) is 22.6 Å². The van der Waals surface area contributed by atoms with Crippen LogP contribution in [0, 0.1) is 0 Å². The van der Waals surface area contributed by atoms with E-state index < -0.39 is 29.7 Å². The average molecular weight is 363 g/mol. The summed E-state index contributed by atoms with van der Waals surface area (Å²) >= 11 is 7.97. The van der Waals surface area contributed by atoms with Crippen LogP contribution >= 0.6 is 34.2 Å². The van der Waals surface area contributed by atoms with Crippen molar-refractivity contribution >= 4 is 46.1 Å². The highest BCUT2D eigenvalue weighted by atomic mass is 127. The highest BCUT2D eigenvalue weighted by molar-refractivity contribution is 14.1. The molecular weight excluding hydrogens is 350 g/mol. The fraction of sp³-hybridized carbons (Fsp3) is 0.778. The number of hydrogen-bond donors (Lipinski definition) is 0. The maximum Gasteiger partial charge on any atom is 0.303 e. The second kappa shape index (κ2) is 6.02. The Bertz CT molecular complexity index is 285. The second-order valence-electron chi connectivity index (χ2n) is 3.33. The molecule has 0 aromatic carbocycles. The van der Waals surface area contributed by atoms with Crippen molar-refractivity contribution in [2.24, 2.45) is 0 Å². The number of carbonyl (C=O) groups excluding carboxylic acids is 2. The van der Waals surface area contributed by atoms with Gasteiger partial charge >= 0.3 is 11.9 Å². The van der Waals surface area contributed by atoms with Gasteiger partial charge in [-0.25, -0.2) is 0 Å². The van der Waals surface area contributed by atoms with Gasteiger partial charge in [-0.15, -0.1) is 0 Å². The lowest BCUT2D eigenvalue weighted by atomic mass is 10.1. The van der Waals surface area contributed by atoms with Crippen LogP contribution in [0.1, 0.15) is 13.8 Å². The molecule has 0 spiro atoms. The van der Waals surface area contributed by atoms with Gasteiger partial charge in [-0.1, -0.05) is 34.2 Å². The Morgan fingerprint density at radius 2 is 1.75 bits per heavy atom. The Hall–Kier alpha value is -0.0800. The van der Waals surface area contributed by atoms with Gasteiger partial charge in [-0.2, -0.15) is 0 Å². The number of rotatable bonds is 3. The summed E-state index contributed by atoms with van der Waals surface area (Å²) in [5.74, 6) is -0.933. The summed E-state index contributed by atoms with van der Waals surface area (Å²) in [6, 6.07) is 0. The molecule has 0 bridgehead atoms. The number of hydrogen-bond acceptors (Lipinski definition) is 5. The van der Waals surface area contributed by atoms with Crippen LogP contribution in [-0.4, -0.2) is 40.2 Å². The Morgan fingerprint density at radius 1 is 1.25 bits per heavy atom. The summed E-state index contributed by atoms with van der Waals surface area (Å²) in [7, 11) is 0. The Morgan fingerprint density at radius 3 is 2.19 bits per heavy atom. The van der Waals surface area contributed by atoms with Gasteiger partial charge in [-0.05, 0) is 0 Å². The van der Waals surface area contributed by atoms with Crippen molar-refractivity contribution in [3.05, 3.63) is 0 Å². The molecule has 0 aromatic rings. The standard InChI is InChI=1S/C9H12ClIO5/c1-4(12)14-7-6(3-11)16-9(10)8(7)15-5(2)13/h6-9H,3H2,1-2H3/t6-,7-,8-,9?/m1/s1. The molecule has 1 aliphatic heterocycles. The second-order valence-corrected chi connectivity index (χ2v) is 4.64. The van der Waals surface area contributed by atoms with Crippen molar-refractivity contribution in [3.8, 4) is 0 Å². The summed E-state index contributed by atoms with van der Waals surface area (Å²) < 4.78 is 16.0. The molecule has 0 N–H and O–H groups in total. The molecule has 1 unspecified atom stereocenters. The summed E-state index contributed by atoms with van der Waals surface area (Å²) in [5, 5.41) is 0. The van der Waals surface area contributed by atoms with Gasteiger partial charge in [0.05, 0.1) is 0 Å². The summed E-state index contributed by atoms with van der Waals surface area (Å²) in [4.78, 5) is 21.8. The highest BCUT2D eigenvalue weighted by Gasteiger charge is 2.47. The van der Waals surface area contributed by atoms with Crippen LogP contribution in [0.3, 0.4) is 0 Å². The largest absolute Gasteiger partial charge is 0.456 e. The van der Waals surface area contributed by atoms with Crippen molar-refractivity contribution in [1.29, 1.82) is 0 Å². The minimum atomic E-state index is -0.784. The van der Waals surface area contributed by atoms with Gasteiger partial charge in [0.25, 0.3) is 0 Å². The van der Waals surface area contributed by atoms with E-state index in [1.807, 2.05) is 0 Å². The van der Waals surface area contributed by atoms with Crippen LogP contribution in [0.25, 0.3) is 0 Å². The molecule has 92 valence electrons. The van der Waals surface area contributed by atoms with E-state index in [0.717, 1.165) is 0 Å². The fourth-order valence-corrected chi connectivity index (χ4v) is 2.49. The first-order valence-electron chi connectivity index (χ1n) is 4.65. The van der Waals surface area contributed by atoms with E-state index in [9.17, 15) is 9.59 Å². The molecule has 16 heavy (non-hydrogen) atoms. The van der Waals surface area contributed by atoms with Crippen molar-refractivity contribution in [2.45, 2.75) is 37.7 Å². The topological polar surface area (TPSA) is 61.8 Å². The van der Waals surface area contributed by atoms with Crippen LogP contribution in [0.5, 0.6) is 0 Å². The zero-order chi connectivity index (χ0) is 12.3. The monoisotopic (exact) mass is 362 g/mol. The number of halogens is 2. The van der Waals surface area contributed by atoms with Crippen LogP contribution in [0.4, 0.5) is 0 Å². The summed E-state index contributed by atoms with van der Waals surface area (Å²) in [6.45, 7) is 2.56. The Kier molecular flexibility index (Phi) is 5.26. The molecule has 0 aromatic heterocycles. The van der Waals surface area contributed by atoms with E-state index in [0.29, 0.717) is 4.43 Å². The Balaban J connectivity index is 2.76. The first-order chi connectivity index (χ1) is 7.45. The minimum Gasteiger partial charge on any atom is -0.456 e. The van der Waals surface area contributed by atoms with Crippen molar-refractivity contribution < 1.29 is 23.8 Å². The average Bonchev–Trinajstić information content (AvgIpc) is 2.44. The van der Waals surface area contributed by atoms with Crippen LogP contribution in [-0.2, 0) is 23.8 Å². The SMILES string of the molecule is CC(=O)O[C@@H]1[C@@H](CI)OC(Cl)[C@@H]1OC(C)=O. The normalized spacial score (nSPS) is 33.5. The maximum atomic E-state index is 10.9.